The number of thiophene rings is 1. The first kappa shape index (κ1) is 16.1. The number of fused-ring (bicyclic) bond motifs is 1. The van der Waals surface area contributed by atoms with Crippen molar-refractivity contribution in [3.63, 3.8) is 0 Å². The van der Waals surface area contributed by atoms with E-state index >= 15 is 0 Å². The average molecular weight is 364 g/mol. The molecule has 124 valence electrons. The van der Waals surface area contributed by atoms with Gasteiger partial charge in [-0.15, -0.1) is 11.3 Å². The summed E-state index contributed by atoms with van der Waals surface area (Å²) < 4.78 is 2.42. The van der Waals surface area contributed by atoms with Crippen molar-refractivity contribution in [3.8, 4) is 5.69 Å². The highest BCUT2D eigenvalue weighted by molar-refractivity contribution is 7.98. The summed E-state index contributed by atoms with van der Waals surface area (Å²) in [4.78, 5) is 17.8. The molecule has 4 aromatic rings. The molecule has 0 aliphatic heterocycles. The second kappa shape index (κ2) is 6.86. The van der Waals surface area contributed by atoms with E-state index in [0.29, 0.717) is 4.70 Å². The second-order valence-electron chi connectivity index (χ2n) is 5.72. The molecule has 0 amide bonds. The van der Waals surface area contributed by atoms with Gasteiger partial charge in [0, 0.05) is 5.75 Å². The minimum atomic E-state index is -0.00140. The molecule has 0 aliphatic carbocycles. The van der Waals surface area contributed by atoms with Crippen LogP contribution in [0.5, 0.6) is 0 Å². The van der Waals surface area contributed by atoms with Gasteiger partial charge in [-0.1, -0.05) is 54.2 Å². The number of nitrogens with zero attached hydrogens (tertiary/aromatic N) is 2. The van der Waals surface area contributed by atoms with Crippen LogP contribution in [-0.2, 0) is 5.75 Å². The molecule has 0 atom stereocenters. The van der Waals surface area contributed by atoms with Crippen LogP contribution in [0, 0.1) is 6.92 Å². The lowest BCUT2D eigenvalue weighted by molar-refractivity contribution is 0.822. The monoisotopic (exact) mass is 364 g/mol. The summed E-state index contributed by atoms with van der Waals surface area (Å²) in [5.74, 6) is 0.779. The maximum atomic E-state index is 13.0. The lowest BCUT2D eigenvalue weighted by Crippen LogP contribution is -2.20. The van der Waals surface area contributed by atoms with Crippen LogP contribution in [0.3, 0.4) is 0 Å². The van der Waals surface area contributed by atoms with Crippen LogP contribution in [0.15, 0.2) is 76.0 Å². The third kappa shape index (κ3) is 3.13. The Morgan fingerprint density at radius 2 is 1.80 bits per heavy atom. The van der Waals surface area contributed by atoms with E-state index in [2.05, 4.69) is 19.1 Å². The van der Waals surface area contributed by atoms with Crippen molar-refractivity contribution in [2.75, 3.05) is 0 Å². The van der Waals surface area contributed by atoms with Gasteiger partial charge in [0.2, 0.25) is 0 Å². The van der Waals surface area contributed by atoms with Gasteiger partial charge in [-0.25, -0.2) is 4.98 Å². The summed E-state index contributed by atoms with van der Waals surface area (Å²) in [5.41, 5.74) is 4.13. The normalized spacial score (nSPS) is 11.1. The van der Waals surface area contributed by atoms with E-state index in [0.717, 1.165) is 22.1 Å². The molecule has 0 N–H and O–H groups in total. The van der Waals surface area contributed by atoms with Gasteiger partial charge in [0.05, 0.1) is 11.2 Å². The van der Waals surface area contributed by atoms with Crippen molar-refractivity contribution in [1.82, 2.24) is 9.55 Å². The summed E-state index contributed by atoms with van der Waals surface area (Å²) in [6.45, 7) is 2.11. The fraction of sp³-hybridized carbons (Fsp3) is 0.100. The number of hydrogen-bond acceptors (Lipinski definition) is 4. The highest BCUT2D eigenvalue weighted by Gasteiger charge is 2.14. The third-order valence-electron chi connectivity index (χ3n) is 4.08. The second-order valence-corrected chi connectivity index (χ2v) is 7.58. The van der Waals surface area contributed by atoms with Gasteiger partial charge in [0.15, 0.2) is 5.16 Å². The van der Waals surface area contributed by atoms with Crippen molar-refractivity contribution in [3.05, 3.63) is 87.5 Å². The molecule has 0 saturated heterocycles. The van der Waals surface area contributed by atoms with Gasteiger partial charge in [0.25, 0.3) is 5.56 Å². The molecule has 2 heterocycles. The summed E-state index contributed by atoms with van der Waals surface area (Å²) in [5, 5.41) is 2.65. The number of para-hydroxylation sites is 1. The lowest BCUT2D eigenvalue weighted by Gasteiger charge is -2.12. The standard InChI is InChI=1S/C20H16N2OS2/c1-14-7-5-6-8-15(14)13-25-20-21-17-11-12-24-18(17)19(23)22(20)16-9-3-2-4-10-16/h2-12H,13H2,1H3. The SMILES string of the molecule is Cc1ccccc1CSc1nc2ccsc2c(=O)n1-c1ccccc1. The number of benzene rings is 2. The molecule has 0 radical (unpaired) electrons. The van der Waals surface area contributed by atoms with E-state index in [4.69, 9.17) is 4.98 Å². The van der Waals surface area contributed by atoms with E-state index in [-0.39, 0.29) is 5.56 Å². The Hall–Kier alpha value is -2.37. The van der Waals surface area contributed by atoms with Gasteiger partial charge in [-0.05, 0) is 41.6 Å². The quantitative estimate of drug-likeness (QED) is 0.375. The highest BCUT2D eigenvalue weighted by Crippen LogP contribution is 2.27. The van der Waals surface area contributed by atoms with Gasteiger partial charge < -0.3 is 0 Å². The molecule has 0 saturated carbocycles. The predicted molar refractivity (Wildman–Crippen MR) is 106 cm³/mol. The number of thioether (sulfide) groups is 1. The van der Waals surface area contributed by atoms with Crippen LogP contribution in [-0.4, -0.2) is 9.55 Å². The van der Waals surface area contributed by atoms with Crippen molar-refractivity contribution in [2.45, 2.75) is 17.8 Å². The maximum Gasteiger partial charge on any atom is 0.276 e. The van der Waals surface area contributed by atoms with Crippen LogP contribution in [0.2, 0.25) is 0 Å². The van der Waals surface area contributed by atoms with Crippen molar-refractivity contribution in [1.29, 1.82) is 0 Å². The molecule has 5 heteroatoms. The Bertz CT molecular complexity index is 1080. The van der Waals surface area contributed by atoms with Gasteiger partial charge in [0.1, 0.15) is 4.70 Å². The van der Waals surface area contributed by atoms with Crippen molar-refractivity contribution < 1.29 is 0 Å². The molecular weight excluding hydrogens is 348 g/mol. The van der Waals surface area contributed by atoms with E-state index in [1.807, 2.05) is 53.9 Å². The Kier molecular flexibility index (Phi) is 4.42. The first-order valence-corrected chi connectivity index (χ1v) is 9.83. The smallest absolute Gasteiger partial charge is 0.267 e. The molecule has 2 aromatic carbocycles. The number of hydrogen-bond donors (Lipinski definition) is 0. The topological polar surface area (TPSA) is 34.9 Å². The van der Waals surface area contributed by atoms with Crippen LogP contribution in [0.4, 0.5) is 0 Å². The molecule has 2 aromatic heterocycles. The number of rotatable bonds is 4. The van der Waals surface area contributed by atoms with Crippen molar-refractivity contribution in [2.24, 2.45) is 0 Å². The highest BCUT2D eigenvalue weighted by atomic mass is 32.2. The number of aryl methyl sites for hydroxylation is 1. The zero-order valence-corrected chi connectivity index (χ0v) is 15.3. The molecule has 0 unspecified atom stereocenters. The Morgan fingerprint density at radius 1 is 1.04 bits per heavy atom. The fourth-order valence-corrected chi connectivity index (χ4v) is 4.56. The summed E-state index contributed by atoms with van der Waals surface area (Å²) in [7, 11) is 0. The van der Waals surface area contributed by atoms with E-state index in [9.17, 15) is 4.79 Å². The largest absolute Gasteiger partial charge is 0.276 e. The zero-order chi connectivity index (χ0) is 17.2. The summed E-state index contributed by atoms with van der Waals surface area (Å²) in [6, 6.07) is 19.9. The predicted octanol–water partition coefficient (Wildman–Crippen LogP) is 5.05. The Morgan fingerprint density at radius 3 is 2.60 bits per heavy atom. The molecular formula is C20H16N2OS2. The Balaban J connectivity index is 1.82. The van der Waals surface area contributed by atoms with Gasteiger partial charge in [-0.2, -0.15) is 0 Å². The van der Waals surface area contributed by atoms with E-state index < -0.39 is 0 Å². The average Bonchev–Trinajstić information content (AvgIpc) is 3.11. The molecule has 0 bridgehead atoms. The minimum absolute atomic E-state index is 0.00140. The lowest BCUT2D eigenvalue weighted by atomic mass is 10.1. The zero-order valence-electron chi connectivity index (χ0n) is 13.7. The number of aromatic nitrogens is 2. The summed E-state index contributed by atoms with van der Waals surface area (Å²) in [6.07, 6.45) is 0. The molecule has 0 aliphatic rings. The van der Waals surface area contributed by atoms with Crippen LogP contribution >= 0.6 is 23.1 Å². The minimum Gasteiger partial charge on any atom is -0.267 e. The van der Waals surface area contributed by atoms with E-state index in [1.54, 1.807) is 16.3 Å². The van der Waals surface area contributed by atoms with Crippen molar-refractivity contribution >= 4 is 33.3 Å². The molecule has 3 nitrogen and oxygen atoms in total. The van der Waals surface area contributed by atoms with Crippen LogP contribution in [0.1, 0.15) is 11.1 Å². The molecule has 0 spiro atoms. The Labute approximate surface area is 154 Å². The first-order chi connectivity index (χ1) is 12.2. The van der Waals surface area contributed by atoms with Crippen LogP contribution in [0.25, 0.3) is 15.9 Å². The van der Waals surface area contributed by atoms with E-state index in [1.165, 1.54) is 22.5 Å². The van der Waals surface area contributed by atoms with Gasteiger partial charge >= 0.3 is 0 Å². The fourth-order valence-electron chi connectivity index (χ4n) is 2.71. The molecule has 25 heavy (non-hydrogen) atoms. The van der Waals surface area contributed by atoms with Crippen LogP contribution < -0.4 is 5.56 Å². The first-order valence-electron chi connectivity index (χ1n) is 7.97. The third-order valence-corrected chi connectivity index (χ3v) is 5.96. The van der Waals surface area contributed by atoms with Gasteiger partial charge in [-0.3, -0.25) is 9.36 Å². The maximum absolute atomic E-state index is 13.0. The molecule has 0 fully saturated rings. The molecule has 4 rings (SSSR count). The summed E-state index contributed by atoms with van der Waals surface area (Å²) >= 11 is 3.04.